The van der Waals surface area contributed by atoms with Gasteiger partial charge in [0.1, 0.15) is 13.2 Å². The molecule has 0 radical (unpaired) electrons. The Balaban J connectivity index is 5.19. The second-order valence-corrected chi connectivity index (χ2v) is 21.8. The van der Waals surface area contributed by atoms with Crippen LogP contribution in [0.5, 0.6) is 0 Å². The molecule has 0 fully saturated rings. The standard InChI is InChI=1S/C14H35NO4Si3/c1-16-15-11-13(18-21(5,6)7)14(19-22(8,9)10)12-17-20(2,3)4/h11,13-14H,12H2,1-10H3/t13-,14-/m0/s1. The number of oxime groups is 1. The van der Waals surface area contributed by atoms with E-state index in [9.17, 15) is 0 Å². The zero-order valence-corrected chi connectivity index (χ0v) is 19.0. The van der Waals surface area contributed by atoms with E-state index >= 15 is 0 Å². The van der Waals surface area contributed by atoms with Crippen LogP contribution in [0.25, 0.3) is 0 Å². The Morgan fingerprint density at radius 3 is 1.68 bits per heavy atom. The maximum atomic E-state index is 6.32. The number of hydrogen-bond donors (Lipinski definition) is 0. The van der Waals surface area contributed by atoms with Gasteiger partial charge < -0.3 is 18.1 Å². The van der Waals surface area contributed by atoms with Crippen molar-refractivity contribution in [3.63, 3.8) is 0 Å². The van der Waals surface area contributed by atoms with Crippen molar-refractivity contribution in [2.45, 2.75) is 71.1 Å². The quantitative estimate of drug-likeness (QED) is 0.334. The van der Waals surface area contributed by atoms with E-state index in [1.807, 2.05) is 0 Å². The maximum Gasteiger partial charge on any atom is 0.184 e. The van der Waals surface area contributed by atoms with Crippen LogP contribution in [0.4, 0.5) is 0 Å². The summed E-state index contributed by atoms with van der Waals surface area (Å²) in [5.74, 6) is 0. The molecule has 0 amide bonds. The van der Waals surface area contributed by atoms with Crippen LogP contribution in [-0.4, -0.2) is 57.1 Å². The van der Waals surface area contributed by atoms with Crippen molar-refractivity contribution in [2.24, 2.45) is 5.16 Å². The molecule has 0 aromatic rings. The second-order valence-electron chi connectivity index (χ2n) is 8.32. The van der Waals surface area contributed by atoms with Crippen LogP contribution in [0.15, 0.2) is 5.16 Å². The molecule has 8 heteroatoms. The molecule has 0 spiro atoms. The highest BCUT2D eigenvalue weighted by atomic mass is 28.4. The summed E-state index contributed by atoms with van der Waals surface area (Å²) in [5, 5.41) is 3.92. The fraction of sp³-hybridized carbons (Fsp3) is 0.929. The minimum atomic E-state index is -1.74. The average molecular weight is 366 g/mol. The lowest BCUT2D eigenvalue weighted by atomic mass is 10.2. The lowest BCUT2D eigenvalue weighted by molar-refractivity contribution is 0.0445. The summed E-state index contributed by atoms with van der Waals surface area (Å²) in [5.41, 5.74) is 0. The van der Waals surface area contributed by atoms with E-state index in [4.69, 9.17) is 18.1 Å². The molecule has 0 N–H and O–H groups in total. The highest BCUT2D eigenvalue weighted by Crippen LogP contribution is 2.18. The molecule has 0 aromatic heterocycles. The summed E-state index contributed by atoms with van der Waals surface area (Å²) in [4.78, 5) is 4.84. The molecule has 5 nitrogen and oxygen atoms in total. The molecule has 0 aromatic carbocycles. The number of hydrogen-bond acceptors (Lipinski definition) is 5. The van der Waals surface area contributed by atoms with Gasteiger partial charge in [-0.2, -0.15) is 0 Å². The Hall–Kier alpha value is 0.000649. The molecule has 0 aliphatic carbocycles. The highest BCUT2D eigenvalue weighted by molar-refractivity contribution is 6.70. The van der Waals surface area contributed by atoms with Gasteiger partial charge in [-0.25, -0.2) is 0 Å². The van der Waals surface area contributed by atoms with Gasteiger partial charge in [0, 0.05) is 0 Å². The van der Waals surface area contributed by atoms with Crippen molar-refractivity contribution in [1.29, 1.82) is 0 Å². The molecule has 0 bridgehead atoms. The second kappa shape index (κ2) is 8.74. The molecule has 0 saturated carbocycles. The predicted molar refractivity (Wildman–Crippen MR) is 101 cm³/mol. The molecule has 0 aliphatic heterocycles. The van der Waals surface area contributed by atoms with Gasteiger partial charge in [-0.1, -0.05) is 5.16 Å². The predicted octanol–water partition coefficient (Wildman–Crippen LogP) is 3.91. The normalized spacial score (nSPS) is 16.8. The van der Waals surface area contributed by atoms with Crippen molar-refractivity contribution in [1.82, 2.24) is 0 Å². The van der Waals surface area contributed by atoms with E-state index in [2.05, 4.69) is 64.1 Å². The molecule has 132 valence electrons. The summed E-state index contributed by atoms with van der Waals surface area (Å²) in [7, 11) is -3.54. The molecule has 0 aliphatic rings. The van der Waals surface area contributed by atoms with E-state index in [1.54, 1.807) is 6.21 Å². The third-order valence-corrected chi connectivity index (χ3v) is 5.38. The topological polar surface area (TPSA) is 49.3 Å². The first kappa shape index (κ1) is 22.0. The van der Waals surface area contributed by atoms with Crippen LogP contribution in [0.2, 0.25) is 58.9 Å². The molecule has 0 saturated heterocycles. The van der Waals surface area contributed by atoms with Gasteiger partial charge >= 0.3 is 0 Å². The zero-order valence-electron chi connectivity index (χ0n) is 16.0. The van der Waals surface area contributed by atoms with E-state index in [-0.39, 0.29) is 12.2 Å². The first-order valence-electron chi connectivity index (χ1n) is 7.80. The van der Waals surface area contributed by atoms with Crippen molar-refractivity contribution < 1.29 is 18.1 Å². The van der Waals surface area contributed by atoms with Gasteiger partial charge in [0.25, 0.3) is 0 Å². The van der Waals surface area contributed by atoms with Crippen LogP contribution < -0.4 is 0 Å². The van der Waals surface area contributed by atoms with Gasteiger partial charge in [-0.3, -0.25) is 0 Å². The van der Waals surface area contributed by atoms with Gasteiger partial charge in [0.15, 0.2) is 25.0 Å². The fourth-order valence-electron chi connectivity index (χ4n) is 1.71. The molecule has 2 atom stereocenters. The van der Waals surface area contributed by atoms with E-state index in [0.717, 1.165) is 0 Å². The summed E-state index contributed by atoms with van der Waals surface area (Å²) < 4.78 is 18.7. The molecular weight excluding hydrogens is 330 g/mol. The van der Waals surface area contributed by atoms with Crippen LogP contribution in [0.3, 0.4) is 0 Å². The van der Waals surface area contributed by atoms with E-state index in [1.165, 1.54) is 7.11 Å². The van der Waals surface area contributed by atoms with Crippen LogP contribution in [0, 0.1) is 0 Å². The minimum absolute atomic E-state index is 0.149. The van der Waals surface area contributed by atoms with Crippen LogP contribution in [-0.2, 0) is 18.1 Å². The SMILES string of the molecule is CON=C[C@H](O[Si](C)(C)C)[C@H](CO[Si](C)(C)C)O[Si](C)(C)C. The Kier molecular flexibility index (Phi) is 8.74. The Bertz CT molecular complexity index is 345. The third-order valence-electron chi connectivity index (χ3n) is 2.35. The first-order chi connectivity index (χ1) is 9.73. The first-order valence-corrected chi connectivity index (χ1v) is 18.0. The molecular formula is C14H35NO4Si3. The third kappa shape index (κ3) is 12.5. The van der Waals surface area contributed by atoms with Gasteiger partial charge in [0.2, 0.25) is 0 Å². The largest absolute Gasteiger partial charge is 0.415 e. The average Bonchev–Trinajstić information content (AvgIpc) is 2.26. The molecule has 0 heterocycles. The van der Waals surface area contributed by atoms with E-state index < -0.39 is 25.0 Å². The molecule has 0 unspecified atom stereocenters. The van der Waals surface area contributed by atoms with Gasteiger partial charge in [0.05, 0.1) is 18.9 Å². The molecule has 0 rings (SSSR count). The number of rotatable bonds is 10. The maximum absolute atomic E-state index is 6.32. The Morgan fingerprint density at radius 2 is 1.32 bits per heavy atom. The lowest BCUT2D eigenvalue weighted by Crippen LogP contribution is -2.48. The summed E-state index contributed by atoms with van der Waals surface area (Å²) in [6, 6.07) is 0. The summed E-state index contributed by atoms with van der Waals surface area (Å²) in [6.45, 7) is 20.1. The zero-order chi connectivity index (χ0) is 17.6. The lowest BCUT2D eigenvalue weighted by Gasteiger charge is -2.35. The van der Waals surface area contributed by atoms with Gasteiger partial charge in [-0.05, 0) is 58.9 Å². The summed E-state index contributed by atoms with van der Waals surface area (Å²) in [6.07, 6.45) is 1.31. The number of nitrogens with zero attached hydrogens (tertiary/aromatic N) is 1. The fourth-order valence-corrected chi connectivity index (χ4v) is 4.52. The van der Waals surface area contributed by atoms with Gasteiger partial charge in [-0.15, -0.1) is 0 Å². The van der Waals surface area contributed by atoms with E-state index in [0.29, 0.717) is 6.61 Å². The molecule has 22 heavy (non-hydrogen) atoms. The summed E-state index contributed by atoms with van der Waals surface area (Å²) >= 11 is 0. The Labute approximate surface area is 139 Å². The smallest absolute Gasteiger partial charge is 0.184 e. The monoisotopic (exact) mass is 365 g/mol. The van der Waals surface area contributed by atoms with Crippen molar-refractivity contribution >= 4 is 31.2 Å². The van der Waals surface area contributed by atoms with Crippen LogP contribution >= 0.6 is 0 Å². The van der Waals surface area contributed by atoms with Crippen molar-refractivity contribution in [3.05, 3.63) is 0 Å². The Morgan fingerprint density at radius 1 is 0.818 bits per heavy atom. The highest BCUT2D eigenvalue weighted by Gasteiger charge is 2.33. The van der Waals surface area contributed by atoms with Crippen LogP contribution in [0.1, 0.15) is 0 Å². The van der Waals surface area contributed by atoms with Crippen molar-refractivity contribution in [3.8, 4) is 0 Å². The minimum Gasteiger partial charge on any atom is -0.415 e. The van der Waals surface area contributed by atoms with Crippen molar-refractivity contribution in [2.75, 3.05) is 13.7 Å².